The first-order valence-corrected chi connectivity index (χ1v) is 4.66. The number of aromatic nitrogens is 3. The van der Waals surface area contributed by atoms with E-state index in [1.165, 1.54) is 12.5 Å². The van der Waals surface area contributed by atoms with Crippen LogP contribution in [0.3, 0.4) is 0 Å². The fourth-order valence-corrected chi connectivity index (χ4v) is 1.94. The number of nitrogens with one attached hydrogen (secondary N) is 1. The van der Waals surface area contributed by atoms with E-state index in [0.29, 0.717) is 8.96 Å². The van der Waals surface area contributed by atoms with E-state index in [9.17, 15) is 9.59 Å². The van der Waals surface area contributed by atoms with Crippen LogP contribution in [0.1, 0.15) is 0 Å². The zero-order chi connectivity index (χ0) is 10.3. The van der Waals surface area contributed by atoms with E-state index >= 15 is 0 Å². The van der Waals surface area contributed by atoms with E-state index in [-0.39, 0.29) is 11.2 Å². The maximum Gasteiger partial charge on any atom is 0.417 e. The molecule has 0 aliphatic rings. The molecule has 0 amide bonds. The summed E-state index contributed by atoms with van der Waals surface area (Å²) in [5.74, 6) is 0. The van der Waals surface area contributed by atoms with Crippen LogP contribution in [0.4, 0.5) is 4.79 Å². The number of fused-ring (bicyclic) bond motifs is 1. The smallest absolute Gasteiger partial charge is 0.417 e. The lowest BCUT2D eigenvalue weighted by Gasteiger charge is -1.93. The van der Waals surface area contributed by atoms with Crippen LogP contribution in [0.25, 0.3) is 11.0 Å². The number of hydrogen-bond donors (Lipinski definition) is 2. The largest absolute Gasteiger partial charge is 0.464 e. The summed E-state index contributed by atoms with van der Waals surface area (Å²) >= 11 is 1.89. The van der Waals surface area contributed by atoms with Gasteiger partial charge in [0.25, 0.3) is 5.56 Å². The average molecular weight is 305 g/mol. The number of nitrogens with zero attached hydrogens (tertiary/aromatic N) is 2. The summed E-state index contributed by atoms with van der Waals surface area (Å²) in [5.41, 5.74) is -0.176. The van der Waals surface area contributed by atoms with Crippen LogP contribution in [0.2, 0.25) is 0 Å². The van der Waals surface area contributed by atoms with Gasteiger partial charge in [-0.1, -0.05) is 0 Å². The molecular weight excluding hydrogens is 301 g/mol. The Morgan fingerprint density at radius 2 is 2.36 bits per heavy atom. The lowest BCUT2D eigenvalue weighted by molar-refractivity contribution is 0.197. The van der Waals surface area contributed by atoms with E-state index in [1.807, 2.05) is 22.6 Å². The molecule has 2 aromatic heterocycles. The second-order valence-corrected chi connectivity index (χ2v) is 3.72. The number of carboxylic acid groups (broad SMARTS) is 1. The van der Waals surface area contributed by atoms with Gasteiger partial charge in [0.1, 0.15) is 0 Å². The minimum atomic E-state index is -1.16. The number of hydrogen-bond acceptors (Lipinski definition) is 3. The lowest BCUT2D eigenvalue weighted by atomic mass is 10.4. The standard InChI is InChI=1S/C7H4IN3O3/c8-3-1-11(7(13)14)5-4(3)6(12)10-2-9-5/h1-2H,(H,13,14)(H,9,10,12). The van der Waals surface area contributed by atoms with E-state index in [4.69, 9.17) is 5.11 Å². The van der Waals surface area contributed by atoms with Crippen molar-refractivity contribution in [3.63, 3.8) is 0 Å². The highest BCUT2D eigenvalue weighted by molar-refractivity contribution is 14.1. The maximum absolute atomic E-state index is 11.3. The van der Waals surface area contributed by atoms with Crippen molar-refractivity contribution in [2.24, 2.45) is 0 Å². The Morgan fingerprint density at radius 1 is 1.64 bits per heavy atom. The minimum Gasteiger partial charge on any atom is -0.464 e. The summed E-state index contributed by atoms with van der Waals surface area (Å²) in [6.07, 6.45) is 1.38. The molecule has 2 heterocycles. The van der Waals surface area contributed by atoms with Gasteiger partial charge in [-0.05, 0) is 22.6 Å². The predicted molar refractivity (Wildman–Crippen MR) is 56.5 cm³/mol. The lowest BCUT2D eigenvalue weighted by Crippen LogP contribution is -2.10. The quantitative estimate of drug-likeness (QED) is 0.707. The third-order valence-electron chi connectivity index (χ3n) is 1.75. The number of rotatable bonds is 0. The van der Waals surface area contributed by atoms with Crippen LogP contribution in [0.5, 0.6) is 0 Å². The summed E-state index contributed by atoms with van der Waals surface area (Å²) in [6, 6.07) is 0. The van der Waals surface area contributed by atoms with Crippen LogP contribution in [-0.2, 0) is 0 Å². The van der Waals surface area contributed by atoms with Crippen molar-refractivity contribution >= 4 is 39.7 Å². The molecule has 0 aliphatic heterocycles. The van der Waals surface area contributed by atoms with Crippen LogP contribution in [-0.4, -0.2) is 25.7 Å². The summed E-state index contributed by atoms with van der Waals surface area (Å²) in [5, 5.41) is 9.10. The molecule has 0 aliphatic carbocycles. The van der Waals surface area contributed by atoms with Crippen molar-refractivity contribution in [3.8, 4) is 0 Å². The summed E-state index contributed by atoms with van der Waals surface area (Å²) in [7, 11) is 0. The van der Waals surface area contributed by atoms with Gasteiger partial charge in [-0.2, -0.15) is 0 Å². The van der Waals surface area contributed by atoms with Crippen molar-refractivity contribution in [2.75, 3.05) is 0 Å². The molecular formula is C7H4IN3O3. The van der Waals surface area contributed by atoms with Crippen LogP contribution in [0, 0.1) is 3.57 Å². The van der Waals surface area contributed by atoms with Crippen molar-refractivity contribution in [1.82, 2.24) is 14.5 Å². The van der Waals surface area contributed by atoms with Gasteiger partial charge in [0, 0.05) is 9.77 Å². The predicted octanol–water partition coefficient (Wildman–Crippen LogP) is 0.855. The molecule has 0 unspecified atom stereocenters. The molecule has 0 spiro atoms. The summed E-state index contributed by atoms with van der Waals surface area (Å²) in [4.78, 5) is 28.3. The third kappa shape index (κ3) is 1.20. The van der Waals surface area contributed by atoms with Gasteiger partial charge in [0.15, 0.2) is 5.65 Å². The van der Waals surface area contributed by atoms with Gasteiger partial charge in [0.2, 0.25) is 0 Å². The van der Waals surface area contributed by atoms with E-state index in [0.717, 1.165) is 4.57 Å². The molecule has 72 valence electrons. The Bertz CT molecular complexity index is 571. The molecule has 0 aromatic carbocycles. The zero-order valence-electron chi connectivity index (χ0n) is 6.69. The molecule has 0 radical (unpaired) electrons. The SMILES string of the molecule is O=C(O)n1cc(I)c2c(=O)[nH]cnc21. The van der Waals surface area contributed by atoms with Gasteiger partial charge in [-0.15, -0.1) is 0 Å². The molecule has 2 aromatic rings. The van der Waals surface area contributed by atoms with Crippen molar-refractivity contribution in [2.45, 2.75) is 0 Å². The monoisotopic (exact) mass is 305 g/mol. The molecule has 0 bridgehead atoms. The fraction of sp³-hybridized carbons (Fsp3) is 0. The Balaban J connectivity index is 2.98. The fourth-order valence-electron chi connectivity index (χ4n) is 1.17. The number of carbonyl (C=O) groups is 1. The third-order valence-corrected chi connectivity index (χ3v) is 2.57. The normalized spacial score (nSPS) is 10.6. The minimum absolute atomic E-state index is 0.158. The molecule has 6 nitrogen and oxygen atoms in total. The van der Waals surface area contributed by atoms with E-state index in [2.05, 4.69) is 9.97 Å². The first kappa shape index (κ1) is 9.19. The Morgan fingerprint density at radius 3 is 3.00 bits per heavy atom. The highest BCUT2D eigenvalue weighted by atomic mass is 127. The van der Waals surface area contributed by atoms with E-state index in [1.54, 1.807) is 0 Å². The van der Waals surface area contributed by atoms with Gasteiger partial charge in [0.05, 0.1) is 11.7 Å². The zero-order valence-corrected chi connectivity index (χ0v) is 8.85. The Kier molecular flexibility index (Phi) is 2.02. The molecule has 0 atom stereocenters. The van der Waals surface area contributed by atoms with Gasteiger partial charge in [-0.25, -0.2) is 14.3 Å². The van der Waals surface area contributed by atoms with Gasteiger partial charge >= 0.3 is 6.09 Å². The molecule has 14 heavy (non-hydrogen) atoms. The second-order valence-electron chi connectivity index (χ2n) is 2.56. The maximum atomic E-state index is 11.3. The summed E-state index contributed by atoms with van der Waals surface area (Å²) < 4.78 is 1.49. The molecule has 0 saturated heterocycles. The number of aromatic amines is 1. The molecule has 2 N–H and O–H groups in total. The highest BCUT2D eigenvalue weighted by Crippen LogP contribution is 2.16. The topological polar surface area (TPSA) is 88.0 Å². The first-order chi connectivity index (χ1) is 6.61. The summed E-state index contributed by atoms with van der Waals surface area (Å²) in [6.45, 7) is 0. The molecule has 0 fully saturated rings. The molecule has 0 saturated carbocycles. The van der Waals surface area contributed by atoms with Crippen LogP contribution < -0.4 is 5.56 Å². The molecule has 7 heteroatoms. The van der Waals surface area contributed by atoms with Crippen LogP contribution >= 0.6 is 22.6 Å². The number of halogens is 1. The van der Waals surface area contributed by atoms with E-state index < -0.39 is 6.09 Å². The highest BCUT2D eigenvalue weighted by Gasteiger charge is 2.14. The Hall–Kier alpha value is -1.38. The van der Waals surface area contributed by atoms with Gasteiger partial charge < -0.3 is 10.1 Å². The average Bonchev–Trinajstić information content (AvgIpc) is 2.45. The van der Waals surface area contributed by atoms with Crippen molar-refractivity contribution in [3.05, 3.63) is 26.4 Å². The van der Waals surface area contributed by atoms with Crippen molar-refractivity contribution in [1.29, 1.82) is 0 Å². The van der Waals surface area contributed by atoms with Gasteiger partial charge in [-0.3, -0.25) is 4.79 Å². The first-order valence-electron chi connectivity index (χ1n) is 3.59. The Labute approximate surface area is 90.7 Å². The van der Waals surface area contributed by atoms with Crippen molar-refractivity contribution < 1.29 is 9.90 Å². The van der Waals surface area contributed by atoms with Crippen LogP contribution in [0.15, 0.2) is 17.3 Å². The number of H-pyrrole nitrogens is 1. The second kappa shape index (κ2) is 3.08. The molecule has 2 rings (SSSR count).